The minimum absolute atomic E-state index is 0.374. The zero-order valence-corrected chi connectivity index (χ0v) is 33.0. The van der Waals surface area contributed by atoms with E-state index in [9.17, 15) is 0 Å². The van der Waals surface area contributed by atoms with Gasteiger partial charge in [0.2, 0.25) is 0 Å². The van der Waals surface area contributed by atoms with Crippen molar-refractivity contribution in [2.45, 2.75) is 63.2 Å². The summed E-state index contributed by atoms with van der Waals surface area (Å²) in [7, 11) is 0. The molecule has 8 aromatic carbocycles. The number of rotatable bonds is 8. The first-order chi connectivity index (χ1) is 28.1. The highest BCUT2D eigenvalue weighted by molar-refractivity contribution is 6.00. The monoisotopic (exact) mass is 735 g/mol. The average molecular weight is 736 g/mol. The van der Waals surface area contributed by atoms with Gasteiger partial charge < -0.3 is 4.90 Å². The zero-order chi connectivity index (χ0) is 38.3. The van der Waals surface area contributed by atoms with E-state index < -0.39 is 5.41 Å². The lowest BCUT2D eigenvalue weighted by Gasteiger charge is -2.36. The highest BCUT2D eigenvalue weighted by atomic mass is 15.1. The molecular formula is C56H49N. The van der Waals surface area contributed by atoms with E-state index in [1.54, 1.807) is 0 Å². The summed E-state index contributed by atoms with van der Waals surface area (Å²) >= 11 is 0. The van der Waals surface area contributed by atoms with Gasteiger partial charge in [0.1, 0.15) is 0 Å². The molecule has 1 heteroatoms. The van der Waals surface area contributed by atoms with Crippen molar-refractivity contribution in [1.29, 1.82) is 0 Å². The number of anilines is 3. The Morgan fingerprint density at radius 3 is 1.75 bits per heavy atom. The van der Waals surface area contributed by atoms with Gasteiger partial charge in [-0.15, -0.1) is 0 Å². The van der Waals surface area contributed by atoms with Crippen molar-refractivity contribution in [1.82, 2.24) is 0 Å². The Morgan fingerprint density at radius 2 is 1.04 bits per heavy atom. The van der Waals surface area contributed by atoms with Gasteiger partial charge in [0.15, 0.2) is 0 Å². The normalized spacial score (nSPS) is 14.7. The summed E-state index contributed by atoms with van der Waals surface area (Å²) in [5.74, 6) is 0.898. The molecule has 57 heavy (non-hydrogen) atoms. The van der Waals surface area contributed by atoms with Gasteiger partial charge in [-0.05, 0) is 116 Å². The van der Waals surface area contributed by atoms with Crippen LogP contribution in [0.15, 0.2) is 188 Å². The molecule has 1 saturated carbocycles. The number of hydrogen-bond acceptors (Lipinski definition) is 1. The number of nitrogens with zero attached hydrogens (tertiary/aromatic N) is 1. The van der Waals surface area contributed by atoms with Crippen LogP contribution in [0.4, 0.5) is 17.1 Å². The molecule has 2 aliphatic rings. The van der Waals surface area contributed by atoms with Crippen LogP contribution in [0.25, 0.3) is 33.0 Å². The van der Waals surface area contributed by atoms with E-state index in [0.29, 0.717) is 11.8 Å². The Hall–Kier alpha value is -6.18. The first-order valence-corrected chi connectivity index (χ1v) is 21.0. The molecule has 0 heterocycles. The zero-order valence-electron chi connectivity index (χ0n) is 33.0. The molecule has 278 valence electrons. The highest BCUT2D eigenvalue weighted by Gasteiger charge is 2.46. The molecule has 0 saturated heterocycles. The predicted molar refractivity (Wildman–Crippen MR) is 241 cm³/mol. The van der Waals surface area contributed by atoms with E-state index in [0.717, 1.165) is 0 Å². The summed E-state index contributed by atoms with van der Waals surface area (Å²) in [4.78, 5) is 2.63. The smallest absolute Gasteiger partial charge is 0.0714 e. The van der Waals surface area contributed by atoms with Crippen LogP contribution in [-0.4, -0.2) is 0 Å². The van der Waals surface area contributed by atoms with Crippen LogP contribution >= 0.6 is 0 Å². The molecule has 0 bridgehead atoms. The lowest BCUT2D eigenvalue weighted by molar-refractivity contribution is 0.444. The van der Waals surface area contributed by atoms with Gasteiger partial charge >= 0.3 is 0 Å². The Kier molecular flexibility index (Phi) is 9.10. The molecule has 0 radical (unpaired) electrons. The van der Waals surface area contributed by atoms with Gasteiger partial charge in [-0.1, -0.05) is 191 Å². The molecule has 0 N–H and O–H groups in total. The lowest BCUT2D eigenvalue weighted by atomic mass is 9.67. The van der Waals surface area contributed by atoms with Gasteiger partial charge in [0.25, 0.3) is 0 Å². The Balaban J connectivity index is 1.31. The molecular weight excluding hydrogens is 687 g/mol. The van der Waals surface area contributed by atoms with E-state index in [1.807, 2.05) is 0 Å². The predicted octanol–water partition coefficient (Wildman–Crippen LogP) is 15.5. The summed E-state index contributed by atoms with van der Waals surface area (Å²) in [6.45, 7) is 4.64. The maximum Gasteiger partial charge on any atom is 0.0714 e. The van der Waals surface area contributed by atoms with Crippen LogP contribution in [-0.2, 0) is 5.41 Å². The molecule has 0 aliphatic heterocycles. The molecule has 2 aliphatic carbocycles. The van der Waals surface area contributed by atoms with Crippen LogP contribution in [0.1, 0.15) is 91.2 Å². The minimum atomic E-state index is -0.491. The lowest BCUT2D eigenvalue weighted by Crippen LogP contribution is -2.28. The second-order valence-corrected chi connectivity index (χ2v) is 16.4. The van der Waals surface area contributed by atoms with E-state index in [1.165, 1.54) is 116 Å². The van der Waals surface area contributed by atoms with E-state index >= 15 is 0 Å². The Labute approximate surface area is 338 Å². The third kappa shape index (κ3) is 5.91. The fourth-order valence-electron chi connectivity index (χ4n) is 10.3. The van der Waals surface area contributed by atoms with Gasteiger partial charge in [-0.3, -0.25) is 0 Å². The van der Waals surface area contributed by atoms with Crippen molar-refractivity contribution in [3.05, 3.63) is 221 Å². The number of benzene rings is 8. The average Bonchev–Trinajstić information content (AvgIpc) is 3.58. The van der Waals surface area contributed by atoms with Crippen molar-refractivity contribution in [2.24, 2.45) is 0 Å². The molecule has 10 rings (SSSR count). The second-order valence-electron chi connectivity index (χ2n) is 16.4. The van der Waals surface area contributed by atoms with Crippen LogP contribution in [0, 0.1) is 0 Å². The summed E-state index contributed by atoms with van der Waals surface area (Å²) in [6.07, 6.45) is 6.37. The van der Waals surface area contributed by atoms with Crippen molar-refractivity contribution in [3.63, 3.8) is 0 Å². The SMILES string of the molecule is CC(C)c1ccccc1-c1cc2ccccc2cc1N(c1ccc2c(c1)C(c1ccccc1)(c1ccccc1)c1ccccc1-2)c1ccccc1C1CCCCC1. The largest absolute Gasteiger partial charge is 0.310 e. The second kappa shape index (κ2) is 14.7. The number of para-hydroxylation sites is 1. The molecule has 8 aromatic rings. The molecule has 1 nitrogen and oxygen atoms in total. The van der Waals surface area contributed by atoms with E-state index in [4.69, 9.17) is 0 Å². The van der Waals surface area contributed by atoms with Crippen molar-refractivity contribution in [2.75, 3.05) is 4.90 Å². The minimum Gasteiger partial charge on any atom is -0.310 e. The molecule has 1 fully saturated rings. The van der Waals surface area contributed by atoms with Gasteiger partial charge in [-0.2, -0.15) is 0 Å². The molecule has 0 amide bonds. The van der Waals surface area contributed by atoms with Gasteiger partial charge in [0, 0.05) is 16.9 Å². The van der Waals surface area contributed by atoms with Crippen molar-refractivity contribution in [3.8, 4) is 22.3 Å². The third-order valence-corrected chi connectivity index (χ3v) is 12.9. The van der Waals surface area contributed by atoms with Crippen LogP contribution < -0.4 is 4.90 Å². The number of hydrogen-bond donors (Lipinski definition) is 0. The molecule has 0 spiro atoms. The topological polar surface area (TPSA) is 3.24 Å². The van der Waals surface area contributed by atoms with Crippen molar-refractivity contribution < 1.29 is 0 Å². The Bertz CT molecular complexity index is 2660. The first-order valence-electron chi connectivity index (χ1n) is 21.0. The standard InChI is InChI=1S/C56H49N/c1-39(2)46-28-14-15-30-48(46)51-36-41-22-12-13-23-42(41)37-55(51)57(54-33-19-17-29-47(54)40-20-6-3-7-21-40)45-34-35-50-49-31-16-18-32-52(49)56(53(50)38-45,43-24-8-4-9-25-43)44-26-10-5-11-27-44/h4-5,8-19,22-40H,3,6-7,20-21H2,1-2H3. The van der Waals surface area contributed by atoms with Crippen LogP contribution in [0.5, 0.6) is 0 Å². The van der Waals surface area contributed by atoms with Gasteiger partial charge in [-0.25, -0.2) is 0 Å². The maximum atomic E-state index is 2.63. The fraction of sp³-hybridized carbons (Fsp3) is 0.179. The highest BCUT2D eigenvalue weighted by Crippen LogP contribution is 2.58. The molecule has 0 unspecified atom stereocenters. The van der Waals surface area contributed by atoms with E-state index in [-0.39, 0.29) is 0 Å². The van der Waals surface area contributed by atoms with Crippen LogP contribution in [0.2, 0.25) is 0 Å². The maximum absolute atomic E-state index is 2.63. The fourth-order valence-corrected chi connectivity index (χ4v) is 10.3. The quantitative estimate of drug-likeness (QED) is 0.150. The summed E-state index contributed by atoms with van der Waals surface area (Å²) < 4.78 is 0. The summed E-state index contributed by atoms with van der Waals surface area (Å²) in [5.41, 5.74) is 16.4. The van der Waals surface area contributed by atoms with Gasteiger partial charge in [0.05, 0.1) is 11.1 Å². The third-order valence-electron chi connectivity index (χ3n) is 12.9. The van der Waals surface area contributed by atoms with Crippen LogP contribution in [0.3, 0.4) is 0 Å². The van der Waals surface area contributed by atoms with E-state index in [2.05, 4.69) is 207 Å². The Morgan fingerprint density at radius 1 is 0.456 bits per heavy atom. The summed E-state index contributed by atoms with van der Waals surface area (Å²) in [6, 6.07) is 71.0. The molecule has 0 atom stereocenters. The van der Waals surface area contributed by atoms with Crippen molar-refractivity contribution >= 4 is 27.8 Å². The summed E-state index contributed by atoms with van der Waals surface area (Å²) in [5, 5.41) is 2.50. The first kappa shape index (κ1) is 35.2. The number of fused-ring (bicyclic) bond motifs is 4. The molecule has 0 aromatic heterocycles.